The fourth-order valence-corrected chi connectivity index (χ4v) is 1.70. The van der Waals surface area contributed by atoms with Crippen molar-refractivity contribution >= 4 is 22.4 Å². The molecule has 60 valence electrons. The molecule has 0 fully saturated rings. The Kier molecular flexibility index (Phi) is 3.09. The normalized spacial score (nSPS) is 12.9. The third-order valence-electron chi connectivity index (χ3n) is 1.38. The van der Waals surface area contributed by atoms with Crippen molar-refractivity contribution in [1.82, 2.24) is 0 Å². The Balaban J connectivity index is 2.90. The molecule has 0 amide bonds. The van der Waals surface area contributed by atoms with E-state index in [9.17, 15) is 4.21 Å². The lowest BCUT2D eigenvalue weighted by Crippen LogP contribution is -1.90. The van der Waals surface area contributed by atoms with Gasteiger partial charge < -0.3 is 0 Å². The summed E-state index contributed by atoms with van der Waals surface area (Å²) >= 11 is 5.43. The number of hydrogen-bond donors (Lipinski definition) is 0. The van der Waals surface area contributed by atoms with E-state index in [0.29, 0.717) is 0 Å². The first kappa shape index (κ1) is 8.75. The number of benzene rings is 1. The molecule has 1 rings (SSSR count). The summed E-state index contributed by atoms with van der Waals surface area (Å²) in [5, 5.41) is 0.170. The van der Waals surface area contributed by atoms with E-state index in [1.807, 2.05) is 31.2 Å². The van der Waals surface area contributed by atoms with Crippen LogP contribution in [0.2, 0.25) is 0 Å². The first-order valence-corrected chi connectivity index (χ1v) is 5.10. The fraction of sp³-hybridized carbons (Fsp3) is 0.250. The standard InChI is InChI=1S/C8H9ClOS/c1-7-2-4-8(5-3-7)11(10)6-9/h2-5H,6H2,1H3/t11-/m0/s1. The Hall–Kier alpha value is -0.340. The van der Waals surface area contributed by atoms with Crippen molar-refractivity contribution in [2.45, 2.75) is 11.8 Å². The van der Waals surface area contributed by atoms with Gasteiger partial charge in [-0.15, -0.1) is 11.6 Å². The topological polar surface area (TPSA) is 17.1 Å². The molecule has 0 radical (unpaired) electrons. The zero-order valence-electron chi connectivity index (χ0n) is 6.21. The third kappa shape index (κ3) is 2.31. The van der Waals surface area contributed by atoms with Crippen LogP contribution in [0.1, 0.15) is 5.56 Å². The largest absolute Gasteiger partial charge is 0.253 e. The molecule has 0 bridgehead atoms. The number of halogens is 1. The molecule has 0 saturated heterocycles. The molecule has 0 aliphatic heterocycles. The van der Waals surface area contributed by atoms with Gasteiger partial charge in [-0.3, -0.25) is 4.21 Å². The van der Waals surface area contributed by atoms with Crippen molar-refractivity contribution in [3.05, 3.63) is 29.8 Å². The number of aryl methyl sites for hydroxylation is 1. The molecule has 0 aliphatic carbocycles. The highest BCUT2D eigenvalue weighted by Crippen LogP contribution is 2.08. The summed E-state index contributed by atoms with van der Waals surface area (Å²) in [4.78, 5) is 0.797. The van der Waals surface area contributed by atoms with Crippen LogP contribution in [0, 0.1) is 6.92 Å². The lowest BCUT2D eigenvalue weighted by atomic mass is 10.2. The van der Waals surface area contributed by atoms with E-state index in [4.69, 9.17) is 11.6 Å². The van der Waals surface area contributed by atoms with Gasteiger partial charge in [0.1, 0.15) is 5.21 Å². The minimum Gasteiger partial charge on any atom is -0.253 e. The Morgan fingerprint density at radius 2 is 1.91 bits per heavy atom. The zero-order chi connectivity index (χ0) is 8.27. The highest BCUT2D eigenvalue weighted by atomic mass is 35.5. The van der Waals surface area contributed by atoms with Crippen LogP contribution in [-0.4, -0.2) is 9.42 Å². The molecule has 0 N–H and O–H groups in total. The van der Waals surface area contributed by atoms with Gasteiger partial charge in [-0.25, -0.2) is 0 Å². The molecule has 1 nitrogen and oxygen atoms in total. The second-order valence-corrected chi connectivity index (χ2v) is 4.30. The molecule has 0 spiro atoms. The van der Waals surface area contributed by atoms with Gasteiger partial charge in [-0.05, 0) is 19.1 Å². The maximum absolute atomic E-state index is 11.1. The Morgan fingerprint density at radius 1 is 1.36 bits per heavy atom. The molecular formula is C8H9ClOS. The van der Waals surface area contributed by atoms with Gasteiger partial charge in [-0.1, -0.05) is 17.7 Å². The Morgan fingerprint density at radius 3 is 2.36 bits per heavy atom. The minimum atomic E-state index is -1.03. The summed E-state index contributed by atoms with van der Waals surface area (Å²) in [5.74, 6) is 0. The summed E-state index contributed by atoms with van der Waals surface area (Å²) < 4.78 is 11.1. The average molecular weight is 189 g/mol. The lowest BCUT2D eigenvalue weighted by Gasteiger charge is -1.97. The zero-order valence-corrected chi connectivity index (χ0v) is 7.78. The third-order valence-corrected chi connectivity index (χ3v) is 2.97. The first-order chi connectivity index (χ1) is 5.24. The molecule has 0 heterocycles. The van der Waals surface area contributed by atoms with E-state index in [-0.39, 0.29) is 5.21 Å². The summed E-state index contributed by atoms with van der Waals surface area (Å²) in [6.07, 6.45) is 0. The van der Waals surface area contributed by atoms with Crippen molar-refractivity contribution in [1.29, 1.82) is 0 Å². The van der Waals surface area contributed by atoms with Crippen LogP contribution in [0.5, 0.6) is 0 Å². The molecule has 1 aromatic carbocycles. The van der Waals surface area contributed by atoms with E-state index in [0.717, 1.165) is 4.90 Å². The summed E-state index contributed by atoms with van der Waals surface area (Å²) in [5.41, 5.74) is 1.17. The van der Waals surface area contributed by atoms with E-state index >= 15 is 0 Å². The molecule has 0 aliphatic rings. The lowest BCUT2D eigenvalue weighted by molar-refractivity contribution is 0.686. The van der Waals surface area contributed by atoms with Crippen LogP contribution >= 0.6 is 11.6 Å². The van der Waals surface area contributed by atoms with Crippen molar-refractivity contribution in [3.8, 4) is 0 Å². The van der Waals surface area contributed by atoms with Gasteiger partial charge in [0.05, 0.1) is 10.8 Å². The number of alkyl halides is 1. The van der Waals surface area contributed by atoms with Gasteiger partial charge in [0.25, 0.3) is 0 Å². The van der Waals surface area contributed by atoms with E-state index in [2.05, 4.69) is 0 Å². The van der Waals surface area contributed by atoms with E-state index in [1.165, 1.54) is 5.56 Å². The van der Waals surface area contributed by atoms with Crippen molar-refractivity contribution < 1.29 is 4.21 Å². The number of rotatable bonds is 2. The molecular weight excluding hydrogens is 180 g/mol. The molecule has 3 heteroatoms. The minimum absolute atomic E-state index is 0.170. The van der Waals surface area contributed by atoms with Gasteiger partial charge in [0.15, 0.2) is 0 Å². The Labute approximate surface area is 73.8 Å². The highest BCUT2D eigenvalue weighted by molar-refractivity contribution is 7.86. The predicted molar refractivity (Wildman–Crippen MR) is 48.3 cm³/mol. The molecule has 0 aromatic heterocycles. The van der Waals surface area contributed by atoms with Gasteiger partial charge in [-0.2, -0.15) is 0 Å². The summed E-state index contributed by atoms with van der Waals surface area (Å²) in [6.45, 7) is 1.99. The Bertz CT molecular complexity index is 255. The second kappa shape index (κ2) is 3.88. The van der Waals surface area contributed by atoms with Crippen LogP contribution in [0.15, 0.2) is 29.2 Å². The van der Waals surface area contributed by atoms with E-state index < -0.39 is 10.8 Å². The van der Waals surface area contributed by atoms with Crippen molar-refractivity contribution in [3.63, 3.8) is 0 Å². The van der Waals surface area contributed by atoms with Crippen LogP contribution in [-0.2, 0) is 10.8 Å². The second-order valence-electron chi connectivity index (χ2n) is 2.27. The predicted octanol–water partition coefficient (Wildman–Crippen LogP) is 2.30. The van der Waals surface area contributed by atoms with Gasteiger partial charge >= 0.3 is 0 Å². The average Bonchev–Trinajstić information content (AvgIpc) is 2.05. The van der Waals surface area contributed by atoms with Crippen LogP contribution in [0.4, 0.5) is 0 Å². The quantitative estimate of drug-likeness (QED) is 0.651. The van der Waals surface area contributed by atoms with Gasteiger partial charge in [0, 0.05) is 4.90 Å². The van der Waals surface area contributed by atoms with Crippen LogP contribution in [0.25, 0.3) is 0 Å². The summed E-state index contributed by atoms with van der Waals surface area (Å²) in [6, 6.07) is 7.54. The monoisotopic (exact) mass is 188 g/mol. The van der Waals surface area contributed by atoms with E-state index in [1.54, 1.807) is 0 Å². The van der Waals surface area contributed by atoms with Gasteiger partial charge in [0.2, 0.25) is 0 Å². The molecule has 1 atom stereocenters. The maximum atomic E-state index is 11.1. The van der Waals surface area contributed by atoms with Crippen molar-refractivity contribution in [2.24, 2.45) is 0 Å². The fourth-order valence-electron chi connectivity index (χ4n) is 0.753. The van der Waals surface area contributed by atoms with Crippen molar-refractivity contribution in [2.75, 3.05) is 5.21 Å². The van der Waals surface area contributed by atoms with Crippen LogP contribution < -0.4 is 0 Å². The first-order valence-electron chi connectivity index (χ1n) is 3.25. The molecule has 11 heavy (non-hydrogen) atoms. The number of hydrogen-bond acceptors (Lipinski definition) is 1. The van der Waals surface area contributed by atoms with Crippen LogP contribution in [0.3, 0.4) is 0 Å². The summed E-state index contributed by atoms with van der Waals surface area (Å²) in [7, 11) is -1.03. The molecule has 0 unspecified atom stereocenters. The smallest absolute Gasteiger partial charge is 0.103 e. The molecule has 0 saturated carbocycles. The highest BCUT2D eigenvalue weighted by Gasteiger charge is 1.99. The SMILES string of the molecule is Cc1ccc([S@@](=O)CCl)cc1. The maximum Gasteiger partial charge on any atom is 0.103 e. The molecule has 1 aromatic rings.